The summed E-state index contributed by atoms with van der Waals surface area (Å²) in [5, 5.41) is 18.0. The van der Waals surface area contributed by atoms with Crippen LogP contribution in [-0.2, 0) is 18.1 Å². The average Bonchev–Trinajstić information content (AvgIpc) is 3.09. The smallest absolute Gasteiger partial charge is 0.347 e. The Bertz CT molecular complexity index is 910. The van der Waals surface area contributed by atoms with Gasteiger partial charge in [0.1, 0.15) is 0 Å². The molecule has 0 radical (unpaired) electrons. The molecule has 2 N–H and O–H groups in total. The van der Waals surface area contributed by atoms with Gasteiger partial charge in [0.15, 0.2) is 0 Å². The molecular formula is C18H19F3N6. The number of rotatable bonds is 4. The van der Waals surface area contributed by atoms with E-state index in [1.165, 1.54) is 18.3 Å². The first-order valence-corrected chi connectivity index (χ1v) is 8.29. The molecule has 0 saturated heterocycles. The summed E-state index contributed by atoms with van der Waals surface area (Å²) < 4.78 is 38.0. The number of hydrogen-bond acceptors (Lipinski definition) is 5. The van der Waals surface area contributed by atoms with Gasteiger partial charge in [0.25, 0.3) is 0 Å². The van der Waals surface area contributed by atoms with Crippen molar-refractivity contribution in [1.29, 1.82) is 0 Å². The van der Waals surface area contributed by atoms with Crippen LogP contribution in [0.15, 0.2) is 36.5 Å². The van der Waals surface area contributed by atoms with E-state index in [0.29, 0.717) is 17.8 Å². The lowest BCUT2D eigenvalue weighted by atomic mass is 9.92. The molecule has 142 valence electrons. The fourth-order valence-electron chi connectivity index (χ4n) is 2.36. The molecule has 9 heteroatoms. The van der Waals surface area contributed by atoms with E-state index < -0.39 is 11.7 Å². The highest BCUT2D eigenvalue weighted by molar-refractivity contribution is 5.59. The Labute approximate surface area is 154 Å². The number of aromatic nitrogens is 5. The predicted octanol–water partition coefficient (Wildman–Crippen LogP) is 4.19. The summed E-state index contributed by atoms with van der Waals surface area (Å²) in [7, 11) is 0. The van der Waals surface area contributed by atoms with E-state index >= 15 is 0 Å². The lowest BCUT2D eigenvalue weighted by molar-refractivity contribution is -0.137. The maximum atomic E-state index is 12.7. The molecule has 1 aromatic carbocycles. The summed E-state index contributed by atoms with van der Waals surface area (Å²) in [6, 6.07) is 6.72. The van der Waals surface area contributed by atoms with Gasteiger partial charge in [0, 0.05) is 11.0 Å². The third-order valence-corrected chi connectivity index (χ3v) is 3.90. The van der Waals surface area contributed by atoms with Gasteiger partial charge in [-0.15, -0.1) is 5.10 Å². The zero-order valence-corrected chi connectivity index (χ0v) is 15.1. The van der Waals surface area contributed by atoms with Crippen molar-refractivity contribution < 1.29 is 13.2 Å². The quantitative estimate of drug-likeness (QED) is 0.714. The molecule has 0 saturated carbocycles. The SMILES string of the molecule is CC(C)(C)c1cc(CNc2nncc(-c3ccc(C(F)(F)F)cc3)n2)[nH]n1. The van der Waals surface area contributed by atoms with Gasteiger partial charge in [-0.05, 0) is 18.2 Å². The molecule has 0 amide bonds. The number of aromatic amines is 1. The number of nitrogens with zero attached hydrogens (tertiary/aromatic N) is 4. The van der Waals surface area contributed by atoms with Crippen molar-refractivity contribution in [3.05, 3.63) is 53.5 Å². The highest BCUT2D eigenvalue weighted by Gasteiger charge is 2.30. The lowest BCUT2D eigenvalue weighted by Crippen LogP contribution is -2.11. The minimum atomic E-state index is -4.37. The maximum Gasteiger partial charge on any atom is 0.416 e. The van der Waals surface area contributed by atoms with Crippen LogP contribution in [0.1, 0.15) is 37.7 Å². The molecule has 3 aromatic rings. The lowest BCUT2D eigenvalue weighted by Gasteiger charge is -2.13. The van der Waals surface area contributed by atoms with Crippen LogP contribution in [0, 0.1) is 0 Å². The highest BCUT2D eigenvalue weighted by atomic mass is 19.4. The Morgan fingerprint density at radius 2 is 1.78 bits per heavy atom. The van der Waals surface area contributed by atoms with Crippen LogP contribution in [0.4, 0.5) is 19.1 Å². The molecule has 2 aromatic heterocycles. The second-order valence-electron chi connectivity index (χ2n) is 7.12. The summed E-state index contributed by atoms with van der Waals surface area (Å²) in [5.74, 6) is 0.277. The molecule has 0 bridgehead atoms. The Kier molecular flexibility index (Phi) is 4.86. The van der Waals surface area contributed by atoms with Gasteiger partial charge >= 0.3 is 6.18 Å². The molecule has 6 nitrogen and oxygen atoms in total. The van der Waals surface area contributed by atoms with E-state index in [9.17, 15) is 13.2 Å². The summed E-state index contributed by atoms with van der Waals surface area (Å²) >= 11 is 0. The van der Waals surface area contributed by atoms with Crippen molar-refractivity contribution in [2.45, 2.75) is 38.9 Å². The molecule has 0 aliphatic carbocycles. The maximum absolute atomic E-state index is 12.7. The number of halogens is 3. The Morgan fingerprint density at radius 1 is 1.07 bits per heavy atom. The Morgan fingerprint density at radius 3 is 2.37 bits per heavy atom. The summed E-state index contributed by atoms with van der Waals surface area (Å²) in [6.45, 7) is 6.63. The second kappa shape index (κ2) is 6.98. The summed E-state index contributed by atoms with van der Waals surface area (Å²) in [6.07, 6.45) is -2.97. The van der Waals surface area contributed by atoms with Crippen LogP contribution in [0.25, 0.3) is 11.3 Å². The van der Waals surface area contributed by atoms with Crippen LogP contribution in [0.5, 0.6) is 0 Å². The largest absolute Gasteiger partial charge is 0.416 e. The van der Waals surface area contributed by atoms with E-state index in [1.54, 1.807) is 0 Å². The molecule has 0 aliphatic heterocycles. The normalized spacial score (nSPS) is 12.2. The molecular weight excluding hydrogens is 357 g/mol. The zero-order valence-electron chi connectivity index (χ0n) is 15.1. The molecule has 3 rings (SSSR count). The topological polar surface area (TPSA) is 79.4 Å². The third kappa shape index (κ3) is 4.60. The molecule has 27 heavy (non-hydrogen) atoms. The van der Waals surface area contributed by atoms with Crippen molar-refractivity contribution in [3.63, 3.8) is 0 Å². The van der Waals surface area contributed by atoms with Crippen LogP contribution in [-0.4, -0.2) is 25.4 Å². The molecule has 0 atom stereocenters. The van der Waals surface area contributed by atoms with E-state index in [2.05, 4.69) is 51.5 Å². The first-order valence-electron chi connectivity index (χ1n) is 8.29. The standard InChI is InChI=1S/C18H19F3N6/c1-17(2,3)15-8-13(25-26-15)9-22-16-24-14(10-23-27-16)11-4-6-12(7-5-11)18(19,20)21/h4-8,10H,9H2,1-3H3,(H,25,26)(H,22,24,27). The number of anilines is 1. The fraction of sp³-hybridized carbons (Fsp3) is 0.333. The number of nitrogens with one attached hydrogen (secondary N) is 2. The minimum Gasteiger partial charge on any atom is -0.347 e. The van der Waals surface area contributed by atoms with Crippen molar-refractivity contribution >= 4 is 5.95 Å². The first-order chi connectivity index (χ1) is 12.6. The fourth-order valence-corrected chi connectivity index (χ4v) is 2.36. The number of H-pyrrole nitrogens is 1. The van der Waals surface area contributed by atoms with E-state index in [0.717, 1.165) is 23.5 Å². The van der Waals surface area contributed by atoms with Crippen LogP contribution in [0.3, 0.4) is 0 Å². The van der Waals surface area contributed by atoms with Crippen molar-refractivity contribution in [1.82, 2.24) is 25.4 Å². The predicted molar refractivity (Wildman–Crippen MR) is 94.9 cm³/mol. The molecule has 0 unspecified atom stereocenters. The van der Waals surface area contributed by atoms with Crippen molar-refractivity contribution in [2.75, 3.05) is 5.32 Å². The number of alkyl halides is 3. The molecule has 0 spiro atoms. The van der Waals surface area contributed by atoms with Gasteiger partial charge in [-0.2, -0.15) is 23.4 Å². The monoisotopic (exact) mass is 376 g/mol. The van der Waals surface area contributed by atoms with Crippen LogP contribution < -0.4 is 5.32 Å². The summed E-state index contributed by atoms with van der Waals surface area (Å²) in [5.41, 5.74) is 1.99. The molecule has 0 fully saturated rings. The molecule has 2 heterocycles. The Hall–Kier alpha value is -2.97. The van der Waals surface area contributed by atoms with Crippen LogP contribution in [0.2, 0.25) is 0 Å². The van der Waals surface area contributed by atoms with E-state index in [-0.39, 0.29) is 11.4 Å². The zero-order chi connectivity index (χ0) is 19.7. The number of hydrogen-bond donors (Lipinski definition) is 2. The first kappa shape index (κ1) is 18.8. The third-order valence-electron chi connectivity index (χ3n) is 3.90. The highest BCUT2D eigenvalue weighted by Crippen LogP contribution is 2.30. The average molecular weight is 376 g/mol. The van der Waals surface area contributed by atoms with E-state index in [4.69, 9.17) is 0 Å². The van der Waals surface area contributed by atoms with Gasteiger partial charge < -0.3 is 5.32 Å². The van der Waals surface area contributed by atoms with Crippen molar-refractivity contribution in [2.24, 2.45) is 0 Å². The van der Waals surface area contributed by atoms with Gasteiger partial charge in [-0.3, -0.25) is 5.10 Å². The van der Waals surface area contributed by atoms with Gasteiger partial charge in [0.05, 0.1) is 35.4 Å². The number of benzene rings is 1. The summed E-state index contributed by atoms with van der Waals surface area (Å²) in [4.78, 5) is 4.31. The Balaban J connectivity index is 1.71. The van der Waals surface area contributed by atoms with Gasteiger partial charge in [0.2, 0.25) is 5.95 Å². The van der Waals surface area contributed by atoms with Gasteiger partial charge in [-0.25, -0.2) is 4.98 Å². The van der Waals surface area contributed by atoms with Crippen molar-refractivity contribution in [3.8, 4) is 11.3 Å². The second-order valence-corrected chi connectivity index (χ2v) is 7.12. The molecule has 0 aliphatic rings. The van der Waals surface area contributed by atoms with Crippen LogP contribution >= 0.6 is 0 Å². The minimum absolute atomic E-state index is 0.0602. The van der Waals surface area contributed by atoms with Gasteiger partial charge in [-0.1, -0.05) is 32.9 Å². The van der Waals surface area contributed by atoms with E-state index in [1.807, 2.05) is 6.07 Å².